The van der Waals surface area contributed by atoms with Crippen LogP contribution >= 0.6 is 12.4 Å². The van der Waals surface area contributed by atoms with Crippen molar-refractivity contribution in [3.8, 4) is 0 Å². The van der Waals surface area contributed by atoms with Crippen molar-refractivity contribution in [1.82, 2.24) is 4.90 Å². The van der Waals surface area contributed by atoms with E-state index in [0.717, 1.165) is 30.9 Å². The van der Waals surface area contributed by atoms with Gasteiger partial charge in [-0.15, -0.1) is 12.4 Å². The number of likely N-dealkylation sites (N-methyl/N-ethyl adjacent to an activating group) is 1. The molecule has 152 valence electrons. The predicted octanol–water partition coefficient (Wildman–Crippen LogP) is 4.66. The Labute approximate surface area is 166 Å². The van der Waals surface area contributed by atoms with Gasteiger partial charge in [0.1, 0.15) is 0 Å². The molecule has 1 N–H and O–H groups in total. The molecule has 0 radical (unpaired) electrons. The third-order valence-corrected chi connectivity index (χ3v) is 7.95. The van der Waals surface area contributed by atoms with E-state index in [-0.39, 0.29) is 18.5 Å². The minimum absolute atomic E-state index is 0. The number of aliphatic hydroxyl groups excluding tert-OH is 1. The minimum atomic E-state index is -0.330. The zero-order valence-electron chi connectivity index (χ0n) is 16.7. The zero-order chi connectivity index (χ0) is 17.3. The molecule has 0 aromatic rings. The Hall–Kier alpha value is 0.170. The van der Waals surface area contributed by atoms with Gasteiger partial charge in [0.15, 0.2) is 0 Å². The van der Waals surface area contributed by atoms with E-state index in [4.69, 9.17) is 4.74 Å². The van der Waals surface area contributed by atoms with Crippen molar-refractivity contribution in [2.24, 2.45) is 23.2 Å². The standard InChI is InChI=1S/C22H39NO2.ClH/c1-23(20-5-3-2-4-6-20)15-21(24)16-25-8-7-22-12-17-9-18(13-22)11-19(10-17)14-22;/h17-21,24H,2-16H2,1H3;1H. The highest BCUT2D eigenvalue weighted by molar-refractivity contribution is 5.85. The lowest BCUT2D eigenvalue weighted by molar-refractivity contribution is -0.0743. The van der Waals surface area contributed by atoms with Crippen LogP contribution in [0.3, 0.4) is 0 Å². The molecule has 0 amide bonds. The largest absolute Gasteiger partial charge is 0.389 e. The summed E-state index contributed by atoms with van der Waals surface area (Å²) in [6.07, 6.45) is 16.6. The van der Waals surface area contributed by atoms with E-state index in [2.05, 4.69) is 11.9 Å². The van der Waals surface area contributed by atoms with E-state index in [9.17, 15) is 5.11 Å². The topological polar surface area (TPSA) is 32.7 Å². The van der Waals surface area contributed by atoms with Gasteiger partial charge in [-0.05, 0) is 88.0 Å². The molecule has 3 nitrogen and oxygen atoms in total. The van der Waals surface area contributed by atoms with E-state index >= 15 is 0 Å². The number of hydrogen-bond donors (Lipinski definition) is 1. The first-order valence-corrected chi connectivity index (χ1v) is 11.1. The highest BCUT2D eigenvalue weighted by Gasteiger charge is 2.50. The predicted molar refractivity (Wildman–Crippen MR) is 109 cm³/mol. The normalized spacial score (nSPS) is 37.7. The number of hydrogen-bond acceptors (Lipinski definition) is 3. The molecule has 5 fully saturated rings. The lowest BCUT2D eigenvalue weighted by atomic mass is 9.49. The summed E-state index contributed by atoms with van der Waals surface area (Å²) in [7, 11) is 2.18. The third kappa shape index (κ3) is 4.96. The van der Waals surface area contributed by atoms with Crippen LogP contribution in [0.15, 0.2) is 0 Å². The van der Waals surface area contributed by atoms with Crippen LogP contribution in [0.25, 0.3) is 0 Å². The van der Waals surface area contributed by atoms with Gasteiger partial charge in [0.2, 0.25) is 0 Å². The van der Waals surface area contributed by atoms with E-state index in [1.807, 2.05) is 0 Å². The van der Waals surface area contributed by atoms with Crippen LogP contribution in [0, 0.1) is 23.2 Å². The fraction of sp³-hybridized carbons (Fsp3) is 1.00. The Morgan fingerprint density at radius 1 is 1.00 bits per heavy atom. The molecular formula is C22H40ClNO2. The molecule has 0 aliphatic heterocycles. The van der Waals surface area contributed by atoms with Gasteiger partial charge in [0.05, 0.1) is 12.7 Å². The molecule has 0 saturated heterocycles. The maximum Gasteiger partial charge on any atom is 0.0900 e. The molecule has 1 atom stereocenters. The molecule has 4 heteroatoms. The molecule has 26 heavy (non-hydrogen) atoms. The van der Waals surface area contributed by atoms with Gasteiger partial charge < -0.3 is 14.7 Å². The van der Waals surface area contributed by atoms with Crippen molar-refractivity contribution in [3.63, 3.8) is 0 Å². The van der Waals surface area contributed by atoms with Crippen LogP contribution in [0.2, 0.25) is 0 Å². The van der Waals surface area contributed by atoms with Gasteiger partial charge in [-0.2, -0.15) is 0 Å². The molecule has 1 unspecified atom stereocenters. The van der Waals surface area contributed by atoms with Gasteiger partial charge in [-0.25, -0.2) is 0 Å². The summed E-state index contributed by atoms with van der Waals surface area (Å²) in [5.74, 6) is 3.09. The number of aliphatic hydroxyl groups is 1. The van der Waals surface area contributed by atoms with Crippen molar-refractivity contribution < 1.29 is 9.84 Å². The molecule has 0 heterocycles. The highest BCUT2D eigenvalue weighted by atomic mass is 35.5. The van der Waals surface area contributed by atoms with E-state index in [1.165, 1.54) is 77.0 Å². The summed E-state index contributed by atoms with van der Waals surface area (Å²) in [6, 6.07) is 0.676. The fourth-order valence-corrected chi connectivity index (χ4v) is 7.16. The van der Waals surface area contributed by atoms with Crippen LogP contribution in [0.5, 0.6) is 0 Å². The second-order valence-electron chi connectivity index (χ2n) is 10.1. The van der Waals surface area contributed by atoms with Crippen molar-refractivity contribution in [3.05, 3.63) is 0 Å². The Morgan fingerprint density at radius 2 is 1.58 bits per heavy atom. The van der Waals surface area contributed by atoms with Crippen molar-refractivity contribution in [2.75, 3.05) is 26.8 Å². The first-order chi connectivity index (χ1) is 12.1. The van der Waals surface area contributed by atoms with E-state index in [1.54, 1.807) is 0 Å². The van der Waals surface area contributed by atoms with Crippen LogP contribution in [-0.2, 0) is 4.74 Å². The van der Waals surface area contributed by atoms with Gasteiger partial charge in [-0.1, -0.05) is 19.3 Å². The minimum Gasteiger partial charge on any atom is -0.389 e. The van der Waals surface area contributed by atoms with Crippen molar-refractivity contribution in [1.29, 1.82) is 0 Å². The average molecular weight is 386 g/mol. The van der Waals surface area contributed by atoms with Gasteiger partial charge in [0.25, 0.3) is 0 Å². The van der Waals surface area contributed by atoms with E-state index < -0.39 is 0 Å². The fourth-order valence-electron chi connectivity index (χ4n) is 7.16. The first-order valence-electron chi connectivity index (χ1n) is 11.1. The SMILES string of the molecule is CN(CC(O)COCCC12CC3CC(CC(C3)C1)C2)C1CCCCC1.Cl. The molecular weight excluding hydrogens is 346 g/mol. The van der Waals surface area contributed by atoms with Crippen LogP contribution in [0.1, 0.15) is 77.0 Å². The monoisotopic (exact) mass is 385 g/mol. The molecule has 5 rings (SSSR count). The smallest absolute Gasteiger partial charge is 0.0900 e. The molecule has 5 saturated carbocycles. The first kappa shape index (κ1) is 20.9. The summed E-state index contributed by atoms with van der Waals surface area (Å²) in [4.78, 5) is 2.37. The highest BCUT2D eigenvalue weighted by Crippen LogP contribution is 2.61. The molecule has 4 bridgehead atoms. The van der Waals surface area contributed by atoms with Gasteiger partial charge >= 0.3 is 0 Å². The Morgan fingerprint density at radius 3 is 2.15 bits per heavy atom. The Bertz CT molecular complexity index is 403. The Balaban J connectivity index is 0.00000196. The summed E-state index contributed by atoms with van der Waals surface area (Å²) < 4.78 is 5.95. The molecule has 5 aliphatic carbocycles. The van der Waals surface area contributed by atoms with Crippen molar-refractivity contribution >= 4 is 12.4 Å². The van der Waals surface area contributed by atoms with E-state index in [0.29, 0.717) is 18.1 Å². The maximum atomic E-state index is 10.3. The number of ether oxygens (including phenoxy) is 1. The average Bonchev–Trinajstić information content (AvgIpc) is 2.58. The number of rotatable bonds is 8. The maximum absolute atomic E-state index is 10.3. The molecule has 0 spiro atoms. The second-order valence-corrected chi connectivity index (χ2v) is 10.1. The number of nitrogens with zero attached hydrogens (tertiary/aromatic N) is 1. The van der Waals surface area contributed by atoms with Crippen LogP contribution < -0.4 is 0 Å². The summed E-state index contributed by atoms with van der Waals surface area (Å²) in [6.45, 7) is 2.14. The van der Waals surface area contributed by atoms with Gasteiger partial charge in [0, 0.05) is 19.2 Å². The quantitative estimate of drug-likeness (QED) is 0.617. The van der Waals surface area contributed by atoms with Crippen LogP contribution in [-0.4, -0.2) is 49.0 Å². The van der Waals surface area contributed by atoms with Crippen molar-refractivity contribution in [2.45, 2.75) is 89.2 Å². The molecule has 0 aromatic carbocycles. The lowest BCUT2D eigenvalue weighted by Crippen LogP contribution is -2.46. The lowest BCUT2D eigenvalue weighted by Gasteiger charge is -2.57. The third-order valence-electron chi connectivity index (χ3n) is 7.95. The Kier molecular flexibility index (Phi) is 7.32. The van der Waals surface area contributed by atoms with Gasteiger partial charge in [-0.3, -0.25) is 0 Å². The summed E-state index contributed by atoms with van der Waals surface area (Å²) in [5, 5.41) is 10.3. The zero-order valence-corrected chi connectivity index (χ0v) is 17.5. The summed E-state index contributed by atoms with van der Waals surface area (Å²) in [5.41, 5.74) is 0.610. The summed E-state index contributed by atoms with van der Waals surface area (Å²) >= 11 is 0. The molecule has 5 aliphatic rings. The number of halogens is 1. The van der Waals surface area contributed by atoms with Crippen LogP contribution in [0.4, 0.5) is 0 Å². The second kappa shape index (κ2) is 9.11. The molecule has 0 aromatic heterocycles.